The molecular weight excluding hydrogens is 411 g/mol. The van der Waals surface area contributed by atoms with E-state index in [9.17, 15) is 23.6 Å². The molecule has 0 radical (unpaired) electrons. The predicted octanol–water partition coefficient (Wildman–Crippen LogP) is 2.73. The minimum atomic E-state index is -1.16. The zero-order chi connectivity index (χ0) is 21.7. The number of hydrogen-bond acceptors (Lipinski definition) is 6. The highest BCUT2D eigenvalue weighted by atomic mass is 32.2. The summed E-state index contributed by atoms with van der Waals surface area (Å²) in [5, 5.41) is 2.31. The fourth-order valence-electron chi connectivity index (χ4n) is 3.05. The molecule has 0 aliphatic carbocycles. The van der Waals surface area contributed by atoms with Gasteiger partial charge in [0.1, 0.15) is 11.9 Å². The number of esters is 1. The number of halogens is 1. The number of nitrogens with zero attached hydrogens (tertiary/aromatic N) is 1. The largest absolute Gasteiger partial charge is 0.454 e. The third kappa shape index (κ3) is 4.51. The molecule has 0 bridgehead atoms. The van der Waals surface area contributed by atoms with Crippen LogP contribution in [0.15, 0.2) is 48.5 Å². The Hall–Kier alpha value is -3.20. The first kappa shape index (κ1) is 21.5. The lowest BCUT2D eigenvalue weighted by Crippen LogP contribution is -2.46. The molecule has 3 amide bonds. The van der Waals surface area contributed by atoms with E-state index >= 15 is 0 Å². The molecular formula is C21H19FN2O5S. The molecule has 2 aromatic carbocycles. The van der Waals surface area contributed by atoms with Crippen molar-refractivity contribution in [1.29, 1.82) is 0 Å². The lowest BCUT2D eigenvalue weighted by molar-refractivity contribution is -0.151. The van der Waals surface area contributed by atoms with Crippen molar-refractivity contribution in [1.82, 2.24) is 4.90 Å². The number of benzene rings is 2. The third-order valence-corrected chi connectivity index (χ3v) is 5.14. The number of anilines is 1. The highest BCUT2D eigenvalue weighted by Crippen LogP contribution is 2.26. The molecule has 0 fully saturated rings. The molecule has 1 aliphatic rings. The molecule has 0 saturated carbocycles. The molecule has 7 nitrogen and oxygen atoms in total. The van der Waals surface area contributed by atoms with Crippen molar-refractivity contribution >= 4 is 41.1 Å². The molecule has 1 atom stereocenters. The van der Waals surface area contributed by atoms with Crippen LogP contribution in [0.25, 0.3) is 0 Å². The fourth-order valence-corrected chi connectivity index (χ4v) is 3.51. The van der Waals surface area contributed by atoms with Gasteiger partial charge in [0, 0.05) is 0 Å². The van der Waals surface area contributed by atoms with Crippen LogP contribution in [0.4, 0.5) is 10.1 Å². The van der Waals surface area contributed by atoms with Gasteiger partial charge in [0.15, 0.2) is 6.61 Å². The number of imide groups is 1. The first-order valence-electron chi connectivity index (χ1n) is 9.11. The number of ether oxygens (including phenoxy) is 1. The Balaban J connectivity index is 1.69. The minimum absolute atomic E-state index is 0.0437. The molecule has 1 N–H and O–H groups in total. The maximum Gasteiger partial charge on any atom is 0.329 e. The molecule has 0 spiro atoms. The average Bonchev–Trinajstić information content (AvgIpc) is 2.99. The van der Waals surface area contributed by atoms with Gasteiger partial charge < -0.3 is 10.1 Å². The van der Waals surface area contributed by atoms with Crippen LogP contribution in [0.3, 0.4) is 0 Å². The van der Waals surface area contributed by atoms with Gasteiger partial charge in [-0.2, -0.15) is 11.8 Å². The van der Waals surface area contributed by atoms with Crippen LogP contribution in [0.2, 0.25) is 0 Å². The maximum absolute atomic E-state index is 13.6. The number of hydrogen-bond donors (Lipinski definition) is 1. The number of para-hydroxylation sites is 1. The SMILES string of the molecule is CSCCC(C(=O)OCC(=O)Nc1ccccc1F)N1C(=O)c2ccccc2C1=O. The molecule has 2 aromatic rings. The van der Waals surface area contributed by atoms with Crippen LogP contribution in [0.1, 0.15) is 27.1 Å². The van der Waals surface area contributed by atoms with Crippen LogP contribution >= 0.6 is 11.8 Å². The van der Waals surface area contributed by atoms with E-state index in [0.29, 0.717) is 5.75 Å². The van der Waals surface area contributed by atoms with Crippen molar-refractivity contribution in [2.75, 3.05) is 23.9 Å². The molecule has 156 valence electrons. The van der Waals surface area contributed by atoms with E-state index in [1.807, 2.05) is 6.26 Å². The van der Waals surface area contributed by atoms with Crippen molar-refractivity contribution in [2.24, 2.45) is 0 Å². The van der Waals surface area contributed by atoms with E-state index in [-0.39, 0.29) is 23.2 Å². The van der Waals surface area contributed by atoms with Gasteiger partial charge in [-0.15, -0.1) is 0 Å². The number of nitrogens with one attached hydrogen (secondary N) is 1. The molecule has 1 unspecified atom stereocenters. The second-order valence-electron chi connectivity index (χ2n) is 6.46. The van der Waals surface area contributed by atoms with E-state index < -0.39 is 42.2 Å². The average molecular weight is 430 g/mol. The van der Waals surface area contributed by atoms with Gasteiger partial charge in [-0.3, -0.25) is 19.3 Å². The topological polar surface area (TPSA) is 92.8 Å². The Morgan fingerprint density at radius 1 is 1.07 bits per heavy atom. The van der Waals surface area contributed by atoms with Gasteiger partial charge >= 0.3 is 5.97 Å². The molecule has 30 heavy (non-hydrogen) atoms. The van der Waals surface area contributed by atoms with Crippen LogP contribution in [0.5, 0.6) is 0 Å². The van der Waals surface area contributed by atoms with Crippen LogP contribution in [0, 0.1) is 5.82 Å². The maximum atomic E-state index is 13.6. The molecule has 1 aliphatic heterocycles. The summed E-state index contributed by atoms with van der Waals surface area (Å²) in [6, 6.07) is 10.7. The van der Waals surface area contributed by atoms with Crippen LogP contribution < -0.4 is 5.32 Å². The second-order valence-corrected chi connectivity index (χ2v) is 7.44. The summed E-state index contributed by atoms with van der Waals surface area (Å²) in [6.45, 7) is -0.674. The standard InChI is InChI=1S/C21H19FN2O5S/c1-30-11-10-17(24-19(26)13-6-2-3-7-14(13)20(24)27)21(28)29-12-18(25)23-16-9-5-4-8-15(16)22/h2-9,17H,10-12H2,1H3,(H,23,25). The van der Waals surface area contributed by atoms with Gasteiger partial charge in [0.25, 0.3) is 17.7 Å². The zero-order valence-corrected chi connectivity index (χ0v) is 16.9. The lowest BCUT2D eigenvalue weighted by atomic mass is 10.1. The first-order valence-corrected chi connectivity index (χ1v) is 10.5. The van der Waals surface area contributed by atoms with Gasteiger partial charge in [-0.1, -0.05) is 24.3 Å². The van der Waals surface area contributed by atoms with Gasteiger partial charge in [0.2, 0.25) is 0 Å². The Kier molecular flexibility index (Phi) is 6.83. The van der Waals surface area contributed by atoms with Crippen molar-refractivity contribution in [3.8, 4) is 0 Å². The lowest BCUT2D eigenvalue weighted by Gasteiger charge is -2.24. The summed E-state index contributed by atoms with van der Waals surface area (Å²) in [5.74, 6) is -2.89. The number of carbonyl (C=O) groups is 4. The first-order chi connectivity index (χ1) is 14.4. The Bertz CT molecular complexity index is 962. The van der Waals surface area contributed by atoms with E-state index in [0.717, 1.165) is 4.90 Å². The van der Waals surface area contributed by atoms with Crippen molar-refractivity contribution in [2.45, 2.75) is 12.5 Å². The number of fused-ring (bicyclic) bond motifs is 1. The summed E-state index contributed by atoms with van der Waals surface area (Å²) in [6.07, 6.45) is 2.01. The normalized spacial score (nSPS) is 13.7. The molecule has 9 heteroatoms. The Labute approximate surface area is 176 Å². The van der Waals surface area contributed by atoms with Gasteiger partial charge in [-0.25, -0.2) is 9.18 Å². The minimum Gasteiger partial charge on any atom is -0.454 e. The number of rotatable bonds is 8. The Morgan fingerprint density at radius 2 is 1.67 bits per heavy atom. The fraction of sp³-hybridized carbons (Fsp3) is 0.238. The van der Waals surface area contributed by atoms with Crippen molar-refractivity contribution in [3.05, 3.63) is 65.5 Å². The summed E-state index contributed by atoms with van der Waals surface area (Å²) in [7, 11) is 0. The number of amides is 3. The quantitative estimate of drug-likeness (QED) is 0.511. The van der Waals surface area contributed by atoms with Crippen LogP contribution in [-0.2, 0) is 14.3 Å². The second kappa shape index (κ2) is 9.53. The summed E-state index contributed by atoms with van der Waals surface area (Å²) in [4.78, 5) is 51.0. The third-order valence-electron chi connectivity index (χ3n) is 4.50. The van der Waals surface area contributed by atoms with E-state index in [4.69, 9.17) is 4.74 Å². The molecule has 3 rings (SSSR count). The van der Waals surface area contributed by atoms with Crippen LogP contribution in [-0.4, -0.2) is 53.2 Å². The monoisotopic (exact) mass is 430 g/mol. The van der Waals surface area contributed by atoms with Gasteiger partial charge in [-0.05, 0) is 42.7 Å². The van der Waals surface area contributed by atoms with Crippen molar-refractivity contribution in [3.63, 3.8) is 0 Å². The zero-order valence-electron chi connectivity index (χ0n) is 16.1. The van der Waals surface area contributed by atoms with E-state index in [2.05, 4.69) is 5.32 Å². The van der Waals surface area contributed by atoms with Gasteiger partial charge in [0.05, 0.1) is 16.8 Å². The summed E-state index contributed by atoms with van der Waals surface area (Å²) < 4.78 is 18.7. The predicted molar refractivity (Wildman–Crippen MR) is 110 cm³/mol. The van der Waals surface area contributed by atoms with E-state index in [1.54, 1.807) is 18.2 Å². The molecule has 1 heterocycles. The molecule has 0 saturated heterocycles. The summed E-state index contributed by atoms with van der Waals surface area (Å²) in [5.41, 5.74) is 0.404. The summed E-state index contributed by atoms with van der Waals surface area (Å²) >= 11 is 1.44. The highest BCUT2D eigenvalue weighted by Gasteiger charge is 2.43. The smallest absolute Gasteiger partial charge is 0.329 e. The van der Waals surface area contributed by atoms with E-state index in [1.165, 1.54) is 42.1 Å². The number of carbonyl (C=O) groups excluding carboxylic acids is 4. The highest BCUT2D eigenvalue weighted by molar-refractivity contribution is 7.98. The molecule has 0 aromatic heterocycles. The van der Waals surface area contributed by atoms with Crippen molar-refractivity contribution < 1.29 is 28.3 Å². The number of thioether (sulfide) groups is 1. The Morgan fingerprint density at radius 3 is 2.27 bits per heavy atom.